The quantitative estimate of drug-likeness (QED) is 0.339. The molecule has 1 aliphatic heterocycles. The number of nitrogens with two attached hydrogens (primary N) is 1. The van der Waals surface area contributed by atoms with Gasteiger partial charge in [0.1, 0.15) is 4.88 Å². The highest BCUT2D eigenvalue weighted by Gasteiger charge is 2.38. The van der Waals surface area contributed by atoms with Crippen LogP contribution in [0.25, 0.3) is 0 Å². The molecule has 0 radical (unpaired) electrons. The van der Waals surface area contributed by atoms with Gasteiger partial charge >= 0.3 is 6.61 Å². The van der Waals surface area contributed by atoms with Gasteiger partial charge in [0.2, 0.25) is 0 Å². The van der Waals surface area contributed by atoms with Crippen molar-refractivity contribution >= 4 is 32.2 Å². The van der Waals surface area contributed by atoms with E-state index in [4.69, 9.17) is 20.2 Å². The number of nitriles is 1. The molecule has 2 aliphatic rings. The first-order valence-corrected chi connectivity index (χ1v) is 16.5. The van der Waals surface area contributed by atoms with E-state index in [1.807, 2.05) is 4.90 Å². The lowest BCUT2D eigenvalue weighted by molar-refractivity contribution is -0.131. The average molecular weight is 626 g/mol. The molecule has 3 N–H and O–H groups in total. The molecule has 2 heterocycles. The van der Waals surface area contributed by atoms with Crippen molar-refractivity contribution in [3.8, 4) is 6.07 Å². The summed E-state index contributed by atoms with van der Waals surface area (Å²) < 4.78 is 60.8. The molecule has 1 amide bonds. The SMILES string of the molecule is CCS(=O)(=O)c1ccc([C@H](CC#N)c2nc(N3C[C@@H](NC4CCC(OC)CC4)C[C@H]3COC(F)F)sc2C(N)=O)cc1. The van der Waals surface area contributed by atoms with Crippen molar-refractivity contribution < 1.29 is 31.5 Å². The van der Waals surface area contributed by atoms with Gasteiger partial charge in [0, 0.05) is 38.1 Å². The second-order valence-electron chi connectivity index (χ2n) is 10.7. The zero-order valence-corrected chi connectivity index (χ0v) is 25.3. The zero-order valence-electron chi connectivity index (χ0n) is 23.7. The second-order valence-corrected chi connectivity index (χ2v) is 13.9. The maximum atomic E-state index is 13.0. The molecule has 0 spiro atoms. The molecule has 1 saturated heterocycles. The molecule has 1 aliphatic carbocycles. The topological polar surface area (TPSA) is 148 Å². The summed E-state index contributed by atoms with van der Waals surface area (Å²) in [5, 5.41) is 13.7. The van der Waals surface area contributed by atoms with Crippen molar-refractivity contribution in [2.45, 2.75) is 87.1 Å². The summed E-state index contributed by atoms with van der Waals surface area (Å²) in [6.07, 6.45) is 4.58. The van der Waals surface area contributed by atoms with E-state index < -0.39 is 34.3 Å². The highest BCUT2D eigenvalue weighted by Crippen LogP contribution is 2.39. The van der Waals surface area contributed by atoms with Crippen molar-refractivity contribution in [2.75, 3.05) is 30.9 Å². The van der Waals surface area contributed by atoms with E-state index in [1.165, 1.54) is 12.1 Å². The highest BCUT2D eigenvalue weighted by molar-refractivity contribution is 7.91. The largest absolute Gasteiger partial charge is 0.381 e. The van der Waals surface area contributed by atoms with Crippen molar-refractivity contribution in [1.29, 1.82) is 5.26 Å². The van der Waals surface area contributed by atoms with Gasteiger partial charge in [-0.1, -0.05) is 30.4 Å². The van der Waals surface area contributed by atoms with Crippen LogP contribution in [0.3, 0.4) is 0 Å². The van der Waals surface area contributed by atoms with Gasteiger partial charge in [0.15, 0.2) is 15.0 Å². The average Bonchev–Trinajstić information content (AvgIpc) is 3.60. The molecular formula is C28H37F2N5O5S2. The molecule has 3 atom stereocenters. The Kier molecular flexibility index (Phi) is 10.9. The molecule has 230 valence electrons. The van der Waals surface area contributed by atoms with Crippen LogP contribution < -0.4 is 16.0 Å². The van der Waals surface area contributed by atoms with Gasteiger partial charge in [0.05, 0.1) is 41.2 Å². The number of hydrogen-bond acceptors (Lipinski definition) is 10. The lowest BCUT2D eigenvalue weighted by atomic mass is 9.92. The minimum atomic E-state index is -3.42. The summed E-state index contributed by atoms with van der Waals surface area (Å²) in [5.74, 6) is -1.42. The van der Waals surface area contributed by atoms with E-state index in [-0.39, 0.29) is 46.7 Å². The third-order valence-electron chi connectivity index (χ3n) is 8.07. The van der Waals surface area contributed by atoms with Gasteiger partial charge in [-0.25, -0.2) is 13.4 Å². The maximum Gasteiger partial charge on any atom is 0.345 e. The van der Waals surface area contributed by atoms with Gasteiger partial charge in [-0.15, -0.1) is 0 Å². The molecule has 0 unspecified atom stereocenters. The van der Waals surface area contributed by atoms with Crippen LogP contribution in [0.4, 0.5) is 13.9 Å². The summed E-state index contributed by atoms with van der Waals surface area (Å²) in [5.41, 5.74) is 6.66. The number of methoxy groups -OCH3 is 1. The van der Waals surface area contributed by atoms with Crippen molar-refractivity contribution in [3.05, 3.63) is 40.4 Å². The Labute approximate surface area is 249 Å². The first kappa shape index (κ1) is 32.2. The number of halogens is 2. The number of hydrogen-bond donors (Lipinski definition) is 2. The smallest absolute Gasteiger partial charge is 0.345 e. The summed E-state index contributed by atoms with van der Waals surface area (Å²) in [6.45, 7) is -1.11. The number of aromatic nitrogens is 1. The molecule has 1 saturated carbocycles. The fourth-order valence-electron chi connectivity index (χ4n) is 5.81. The van der Waals surface area contributed by atoms with Crippen molar-refractivity contribution in [3.63, 3.8) is 0 Å². The number of carbonyl (C=O) groups is 1. The number of carbonyl (C=O) groups excluding carboxylic acids is 1. The van der Waals surface area contributed by atoms with Crippen LogP contribution in [-0.4, -0.2) is 76.2 Å². The van der Waals surface area contributed by atoms with E-state index in [1.54, 1.807) is 26.2 Å². The van der Waals surface area contributed by atoms with Gasteiger partial charge < -0.3 is 25.4 Å². The Hall–Kier alpha value is -2.70. The van der Waals surface area contributed by atoms with E-state index in [9.17, 15) is 27.3 Å². The predicted molar refractivity (Wildman–Crippen MR) is 155 cm³/mol. The third-order valence-corrected chi connectivity index (χ3v) is 10.9. The van der Waals surface area contributed by atoms with Crippen LogP contribution in [0.1, 0.15) is 72.3 Å². The Morgan fingerprint density at radius 3 is 2.50 bits per heavy atom. The number of ether oxygens (including phenoxy) is 2. The fraction of sp³-hybridized carbons (Fsp3) is 0.607. The molecular weight excluding hydrogens is 588 g/mol. The highest BCUT2D eigenvalue weighted by atomic mass is 32.2. The molecule has 10 nitrogen and oxygen atoms in total. The lowest BCUT2D eigenvalue weighted by Crippen LogP contribution is -2.42. The minimum absolute atomic E-state index is 0.00675. The van der Waals surface area contributed by atoms with E-state index in [0.29, 0.717) is 29.4 Å². The van der Waals surface area contributed by atoms with Gasteiger partial charge in [0.25, 0.3) is 5.91 Å². The van der Waals surface area contributed by atoms with Gasteiger partial charge in [-0.05, 0) is 49.8 Å². The summed E-state index contributed by atoms with van der Waals surface area (Å²) in [4.78, 5) is 19.5. The van der Waals surface area contributed by atoms with Crippen LogP contribution in [0, 0.1) is 11.3 Å². The normalized spacial score (nSPS) is 23.7. The predicted octanol–water partition coefficient (Wildman–Crippen LogP) is 3.81. The maximum absolute atomic E-state index is 13.0. The number of benzene rings is 1. The number of rotatable bonds is 13. The van der Waals surface area contributed by atoms with Crippen molar-refractivity contribution in [2.24, 2.45) is 5.73 Å². The number of amides is 1. The van der Waals surface area contributed by atoms with Crippen LogP contribution >= 0.6 is 11.3 Å². The monoisotopic (exact) mass is 625 g/mol. The Morgan fingerprint density at radius 2 is 1.93 bits per heavy atom. The van der Waals surface area contributed by atoms with Crippen molar-refractivity contribution in [1.82, 2.24) is 10.3 Å². The van der Waals surface area contributed by atoms with Crippen LogP contribution in [0.15, 0.2) is 29.2 Å². The van der Waals surface area contributed by atoms with E-state index in [2.05, 4.69) is 11.4 Å². The molecule has 0 bridgehead atoms. The Morgan fingerprint density at radius 1 is 1.24 bits per heavy atom. The number of nitrogens with zero attached hydrogens (tertiary/aromatic N) is 3. The molecule has 14 heteroatoms. The molecule has 2 aromatic rings. The van der Waals surface area contributed by atoms with Gasteiger partial charge in [-0.3, -0.25) is 4.79 Å². The molecule has 1 aromatic heterocycles. The summed E-state index contributed by atoms with van der Waals surface area (Å²) in [7, 11) is -1.70. The lowest BCUT2D eigenvalue weighted by Gasteiger charge is -2.30. The summed E-state index contributed by atoms with van der Waals surface area (Å²) in [6, 6.07) is 8.16. The number of anilines is 1. The number of sulfone groups is 1. The van der Waals surface area contributed by atoms with Crippen LogP contribution in [0.5, 0.6) is 0 Å². The number of nitrogens with one attached hydrogen (secondary N) is 1. The molecule has 42 heavy (non-hydrogen) atoms. The first-order valence-electron chi connectivity index (χ1n) is 14.0. The molecule has 4 rings (SSSR count). The van der Waals surface area contributed by atoms with E-state index >= 15 is 0 Å². The minimum Gasteiger partial charge on any atom is -0.381 e. The van der Waals surface area contributed by atoms with Crippen LogP contribution in [-0.2, 0) is 19.3 Å². The van der Waals surface area contributed by atoms with Crippen LogP contribution in [0.2, 0.25) is 0 Å². The number of thiazole rings is 1. The second kappa shape index (κ2) is 14.2. The van der Waals surface area contributed by atoms with Gasteiger partial charge in [-0.2, -0.15) is 14.0 Å². The third kappa shape index (κ3) is 7.62. The first-order chi connectivity index (χ1) is 20.1. The molecule has 2 fully saturated rings. The Bertz CT molecular complexity index is 1360. The number of primary amides is 1. The van der Waals surface area contributed by atoms with E-state index in [0.717, 1.165) is 37.0 Å². The summed E-state index contributed by atoms with van der Waals surface area (Å²) >= 11 is 1.06. The zero-order chi connectivity index (χ0) is 30.4. The fourth-order valence-corrected chi connectivity index (χ4v) is 7.75. The Balaban J connectivity index is 1.62. The standard InChI is InChI=1S/C28H37F2N5O5S2/c1-3-42(37,38)22-10-4-17(5-11-22)23(12-13-31)24-25(26(32)36)41-28(34-24)35-15-19(14-20(35)16-40-27(29)30)33-18-6-8-21(39-2)9-7-18/h4-5,10-11,18-21,23,27,33H,3,6-9,12,14-16H2,1-2H3,(H2,32,36)/t18?,19-,20-,21?,23-/m0/s1. The number of alkyl halides is 2. The molecule has 1 aromatic carbocycles.